The molecule has 28 heavy (non-hydrogen) atoms. The Hall–Kier alpha value is -1.62. The largest absolute Gasteiger partial charge is 0.486 e. The van der Waals surface area contributed by atoms with E-state index in [1.807, 2.05) is 32.9 Å². The Morgan fingerprint density at radius 3 is 2.54 bits per heavy atom. The molecule has 0 aliphatic carbocycles. The minimum atomic E-state index is -0.514. The van der Waals surface area contributed by atoms with E-state index in [-0.39, 0.29) is 24.0 Å². The standard InChI is InChI=1S/C18H27ClN4O4.HI/c1-18(2,3)27-17(24)22-6-5-21-16(20-4)23-11-12-9-13(19)15-14(10-12)25-7-8-26-15;/h9-10H,5-8,11H2,1-4H3,(H,22,24)(H2,20,21,23);1H. The second kappa shape index (κ2) is 11.4. The summed E-state index contributed by atoms with van der Waals surface area (Å²) in [5.41, 5.74) is 0.430. The molecule has 0 unspecified atom stereocenters. The van der Waals surface area contributed by atoms with Crippen molar-refractivity contribution in [3.05, 3.63) is 22.7 Å². The van der Waals surface area contributed by atoms with Crippen molar-refractivity contribution in [3.8, 4) is 11.5 Å². The van der Waals surface area contributed by atoms with Crippen LogP contribution in [0.3, 0.4) is 0 Å². The number of benzene rings is 1. The monoisotopic (exact) mass is 526 g/mol. The summed E-state index contributed by atoms with van der Waals surface area (Å²) in [5, 5.41) is 9.50. The lowest BCUT2D eigenvalue weighted by molar-refractivity contribution is 0.0529. The van der Waals surface area contributed by atoms with Crippen molar-refractivity contribution in [2.75, 3.05) is 33.4 Å². The first-order chi connectivity index (χ1) is 12.8. The summed E-state index contributed by atoms with van der Waals surface area (Å²) in [7, 11) is 1.67. The van der Waals surface area contributed by atoms with Crippen molar-refractivity contribution in [3.63, 3.8) is 0 Å². The van der Waals surface area contributed by atoms with E-state index in [9.17, 15) is 4.79 Å². The molecule has 2 rings (SSSR count). The number of ether oxygens (including phenoxy) is 3. The Morgan fingerprint density at radius 2 is 1.86 bits per heavy atom. The van der Waals surface area contributed by atoms with Crippen molar-refractivity contribution in [2.24, 2.45) is 4.99 Å². The van der Waals surface area contributed by atoms with Gasteiger partial charge in [0.1, 0.15) is 18.8 Å². The predicted molar refractivity (Wildman–Crippen MR) is 120 cm³/mol. The van der Waals surface area contributed by atoms with Crippen LogP contribution in [-0.4, -0.2) is 51.0 Å². The number of hydrogen-bond acceptors (Lipinski definition) is 5. The van der Waals surface area contributed by atoms with Gasteiger partial charge in [0, 0.05) is 26.7 Å². The van der Waals surface area contributed by atoms with Gasteiger partial charge < -0.3 is 30.2 Å². The number of fused-ring (bicyclic) bond motifs is 1. The first-order valence-electron chi connectivity index (χ1n) is 8.78. The van der Waals surface area contributed by atoms with Gasteiger partial charge in [-0.15, -0.1) is 24.0 Å². The van der Waals surface area contributed by atoms with E-state index in [4.69, 9.17) is 25.8 Å². The summed E-state index contributed by atoms with van der Waals surface area (Å²) >= 11 is 6.24. The molecule has 0 radical (unpaired) electrons. The Bertz CT molecular complexity index is 695. The van der Waals surface area contributed by atoms with Gasteiger partial charge in [0.05, 0.1) is 5.02 Å². The van der Waals surface area contributed by atoms with Crippen molar-refractivity contribution < 1.29 is 19.0 Å². The molecule has 0 saturated carbocycles. The lowest BCUT2D eigenvalue weighted by Gasteiger charge is -2.21. The minimum absolute atomic E-state index is 0. The van der Waals surface area contributed by atoms with Crippen LogP contribution >= 0.6 is 35.6 Å². The molecule has 0 saturated heterocycles. The van der Waals surface area contributed by atoms with E-state index in [2.05, 4.69) is 20.9 Å². The van der Waals surface area contributed by atoms with E-state index in [1.54, 1.807) is 7.05 Å². The Morgan fingerprint density at radius 1 is 1.18 bits per heavy atom. The van der Waals surface area contributed by atoms with Crippen LogP contribution in [0.5, 0.6) is 11.5 Å². The summed E-state index contributed by atoms with van der Waals surface area (Å²) in [6.07, 6.45) is -0.446. The van der Waals surface area contributed by atoms with Crippen LogP contribution in [0, 0.1) is 0 Å². The van der Waals surface area contributed by atoms with Crippen LogP contribution in [0.2, 0.25) is 5.02 Å². The molecule has 1 aliphatic heterocycles. The zero-order chi connectivity index (χ0) is 19.9. The summed E-state index contributed by atoms with van der Waals surface area (Å²) in [6.45, 7) is 7.89. The Kier molecular flexibility index (Phi) is 9.94. The average molecular weight is 527 g/mol. The number of guanidine groups is 1. The summed E-state index contributed by atoms with van der Waals surface area (Å²) in [6, 6.07) is 3.73. The molecule has 1 aliphatic rings. The number of carbonyl (C=O) groups excluding carboxylic acids is 1. The summed E-state index contributed by atoms with van der Waals surface area (Å²) in [5.74, 6) is 1.84. The highest BCUT2D eigenvalue weighted by atomic mass is 127. The SMILES string of the molecule is CN=C(NCCNC(=O)OC(C)(C)C)NCc1cc(Cl)c2c(c1)OCCO2.I. The molecule has 0 bridgehead atoms. The fourth-order valence-corrected chi connectivity index (χ4v) is 2.62. The molecule has 1 aromatic carbocycles. The maximum Gasteiger partial charge on any atom is 0.407 e. The van der Waals surface area contributed by atoms with E-state index in [0.29, 0.717) is 55.3 Å². The molecule has 0 aromatic heterocycles. The summed E-state index contributed by atoms with van der Waals surface area (Å²) in [4.78, 5) is 15.7. The smallest absolute Gasteiger partial charge is 0.407 e. The van der Waals surface area contributed by atoms with E-state index in [1.165, 1.54) is 0 Å². The zero-order valence-electron chi connectivity index (χ0n) is 16.6. The average Bonchev–Trinajstić information content (AvgIpc) is 2.59. The van der Waals surface area contributed by atoms with E-state index >= 15 is 0 Å². The third-order valence-electron chi connectivity index (χ3n) is 3.43. The molecule has 8 nitrogen and oxygen atoms in total. The molecule has 0 fully saturated rings. The molecule has 1 amide bonds. The second-order valence-electron chi connectivity index (χ2n) is 6.88. The number of halogens is 2. The van der Waals surface area contributed by atoms with Gasteiger partial charge in [-0.2, -0.15) is 0 Å². The lowest BCUT2D eigenvalue weighted by Crippen LogP contribution is -2.42. The van der Waals surface area contributed by atoms with Crippen molar-refractivity contribution in [1.82, 2.24) is 16.0 Å². The first kappa shape index (κ1) is 24.4. The Labute approximate surface area is 187 Å². The molecule has 1 aromatic rings. The first-order valence-corrected chi connectivity index (χ1v) is 9.15. The van der Waals surface area contributed by atoms with Crippen LogP contribution in [0.15, 0.2) is 17.1 Å². The quantitative estimate of drug-likeness (QED) is 0.236. The molecular weight excluding hydrogens is 499 g/mol. The number of amides is 1. The zero-order valence-corrected chi connectivity index (χ0v) is 19.6. The van der Waals surface area contributed by atoms with Gasteiger partial charge in [-0.1, -0.05) is 11.6 Å². The maximum absolute atomic E-state index is 11.6. The highest BCUT2D eigenvalue weighted by molar-refractivity contribution is 14.0. The number of nitrogens with zero attached hydrogens (tertiary/aromatic N) is 1. The fraction of sp³-hybridized carbons (Fsp3) is 0.556. The number of rotatable bonds is 5. The highest BCUT2D eigenvalue weighted by Gasteiger charge is 2.17. The number of carbonyl (C=O) groups is 1. The van der Waals surface area contributed by atoms with Crippen LogP contribution in [0.4, 0.5) is 4.79 Å². The van der Waals surface area contributed by atoms with Gasteiger partial charge in [-0.25, -0.2) is 4.79 Å². The van der Waals surface area contributed by atoms with Crippen molar-refractivity contribution in [1.29, 1.82) is 0 Å². The maximum atomic E-state index is 11.6. The second-order valence-corrected chi connectivity index (χ2v) is 7.29. The third-order valence-corrected chi connectivity index (χ3v) is 3.71. The Balaban J connectivity index is 0.00000392. The van der Waals surface area contributed by atoms with Gasteiger partial charge in [0.15, 0.2) is 17.5 Å². The van der Waals surface area contributed by atoms with Crippen LogP contribution < -0.4 is 25.4 Å². The molecule has 3 N–H and O–H groups in total. The molecule has 1 heterocycles. The topological polar surface area (TPSA) is 93.2 Å². The highest BCUT2D eigenvalue weighted by Crippen LogP contribution is 2.38. The number of alkyl carbamates (subject to hydrolysis) is 1. The van der Waals surface area contributed by atoms with Crippen LogP contribution in [0.1, 0.15) is 26.3 Å². The predicted octanol–water partition coefficient (Wildman–Crippen LogP) is 2.92. The van der Waals surface area contributed by atoms with Gasteiger partial charge in [-0.3, -0.25) is 4.99 Å². The van der Waals surface area contributed by atoms with Gasteiger partial charge >= 0.3 is 6.09 Å². The fourth-order valence-electron chi connectivity index (χ4n) is 2.33. The van der Waals surface area contributed by atoms with Gasteiger partial charge in [-0.05, 0) is 38.5 Å². The van der Waals surface area contributed by atoms with Gasteiger partial charge in [0.25, 0.3) is 0 Å². The molecule has 158 valence electrons. The summed E-state index contributed by atoms with van der Waals surface area (Å²) < 4.78 is 16.3. The van der Waals surface area contributed by atoms with Crippen LogP contribution in [-0.2, 0) is 11.3 Å². The lowest BCUT2D eigenvalue weighted by atomic mass is 10.2. The number of aliphatic imine (C=N–C) groups is 1. The van der Waals surface area contributed by atoms with Crippen molar-refractivity contribution in [2.45, 2.75) is 32.9 Å². The van der Waals surface area contributed by atoms with Crippen molar-refractivity contribution >= 4 is 47.6 Å². The molecule has 0 atom stereocenters. The van der Waals surface area contributed by atoms with Gasteiger partial charge in [0.2, 0.25) is 0 Å². The molecule has 0 spiro atoms. The normalized spacial score (nSPS) is 13.2. The third kappa shape index (κ3) is 8.17. The number of nitrogens with one attached hydrogen (secondary N) is 3. The minimum Gasteiger partial charge on any atom is -0.486 e. The number of hydrogen-bond donors (Lipinski definition) is 3. The van der Waals surface area contributed by atoms with E-state index in [0.717, 1.165) is 5.56 Å². The van der Waals surface area contributed by atoms with Crippen LogP contribution in [0.25, 0.3) is 0 Å². The molecular formula is C18H28ClIN4O4. The van der Waals surface area contributed by atoms with E-state index < -0.39 is 11.7 Å². The molecule has 10 heteroatoms.